The molecular formula is C13H19Cl2NO3. The molecule has 0 aliphatic heterocycles. The van der Waals surface area contributed by atoms with E-state index in [2.05, 4.69) is 5.32 Å². The van der Waals surface area contributed by atoms with Crippen LogP contribution in [-0.4, -0.2) is 44.6 Å². The summed E-state index contributed by atoms with van der Waals surface area (Å²) in [6, 6.07) is 4.98. The molecule has 0 aromatic heterocycles. The van der Waals surface area contributed by atoms with Crippen molar-refractivity contribution >= 4 is 23.2 Å². The van der Waals surface area contributed by atoms with Gasteiger partial charge in [-0.25, -0.2) is 0 Å². The molecule has 0 aliphatic carbocycles. The second kappa shape index (κ2) is 9.39. The zero-order valence-corrected chi connectivity index (χ0v) is 12.4. The van der Waals surface area contributed by atoms with Gasteiger partial charge in [0.1, 0.15) is 18.5 Å². The van der Waals surface area contributed by atoms with E-state index >= 15 is 0 Å². The summed E-state index contributed by atoms with van der Waals surface area (Å²) >= 11 is 11.7. The first-order valence-electron chi connectivity index (χ1n) is 6.09. The molecule has 0 saturated heterocycles. The van der Waals surface area contributed by atoms with Crippen LogP contribution in [0.15, 0.2) is 18.2 Å². The Bertz CT molecular complexity index is 377. The standard InChI is InChI=1S/C13H19Cl2NO3/c1-18-6-2-5-16-8-11(17)9-19-13-4-3-10(14)7-12(13)15/h3-4,7,11,16-17H,2,5-6,8-9H2,1H3. The summed E-state index contributed by atoms with van der Waals surface area (Å²) in [6.07, 6.45) is 0.321. The van der Waals surface area contributed by atoms with Crippen LogP contribution < -0.4 is 10.1 Å². The van der Waals surface area contributed by atoms with Gasteiger partial charge in [0, 0.05) is 25.3 Å². The number of hydrogen-bond donors (Lipinski definition) is 2. The molecule has 19 heavy (non-hydrogen) atoms. The van der Waals surface area contributed by atoms with Crippen molar-refractivity contribution in [1.82, 2.24) is 5.32 Å². The van der Waals surface area contributed by atoms with E-state index in [0.29, 0.717) is 28.9 Å². The van der Waals surface area contributed by atoms with E-state index < -0.39 is 6.10 Å². The number of rotatable bonds is 9. The molecule has 0 spiro atoms. The molecule has 1 rings (SSSR count). The predicted molar refractivity (Wildman–Crippen MR) is 77.3 cm³/mol. The van der Waals surface area contributed by atoms with Gasteiger partial charge < -0.3 is 19.9 Å². The maximum absolute atomic E-state index is 9.72. The van der Waals surface area contributed by atoms with E-state index in [9.17, 15) is 5.11 Å². The summed E-state index contributed by atoms with van der Waals surface area (Å²) in [5.41, 5.74) is 0. The lowest BCUT2D eigenvalue weighted by Crippen LogP contribution is -2.32. The van der Waals surface area contributed by atoms with E-state index in [0.717, 1.165) is 13.0 Å². The van der Waals surface area contributed by atoms with Gasteiger partial charge in [0.15, 0.2) is 0 Å². The summed E-state index contributed by atoms with van der Waals surface area (Å²) in [7, 11) is 1.67. The number of methoxy groups -OCH3 is 1. The summed E-state index contributed by atoms with van der Waals surface area (Å²) in [5.74, 6) is 0.518. The van der Waals surface area contributed by atoms with Gasteiger partial charge in [-0.1, -0.05) is 23.2 Å². The van der Waals surface area contributed by atoms with Crippen LogP contribution in [0, 0.1) is 0 Å². The number of aliphatic hydroxyl groups is 1. The maximum Gasteiger partial charge on any atom is 0.138 e. The van der Waals surface area contributed by atoms with Crippen LogP contribution in [0.1, 0.15) is 6.42 Å². The van der Waals surface area contributed by atoms with Crippen LogP contribution in [0.25, 0.3) is 0 Å². The van der Waals surface area contributed by atoms with Gasteiger partial charge >= 0.3 is 0 Å². The molecule has 2 N–H and O–H groups in total. The molecule has 0 fully saturated rings. The third-order valence-corrected chi connectivity index (χ3v) is 2.94. The molecule has 1 aromatic carbocycles. The average molecular weight is 308 g/mol. The SMILES string of the molecule is COCCCNCC(O)COc1ccc(Cl)cc1Cl. The molecule has 0 radical (unpaired) electrons. The van der Waals surface area contributed by atoms with Crippen molar-refractivity contribution in [2.24, 2.45) is 0 Å². The van der Waals surface area contributed by atoms with Crippen LogP contribution in [0.2, 0.25) is 10.0 Å². The van der Waals surface area contributed by atoms with Crippen molar-refractivity contribution in [3.63, 3.8) is 0 Å². The van der Waals surface area contributed by atoms with Gasteiger partial charge in [0.2, 0.25) is 0 Å². The van der Waals surface area contributed by atoms with Gasteiger partial charge in [0.05, 0.1) is 5.02 Å². The Hall–Kier alpha value is -0.520. The van der Waals surface area contributed by atoms with Crippen LogP contribution in [0.5, 0.6) is 5.75 Å². The number of benzene rings is 1. The highest BCUT2D eigenvalue weighted by atomic mass is 35.5. The van der Waals surface area contributed by atoms with Crippen molar-refractivity contribution in [3.05, 3.63) is 28.2 Å². The van der Waals surface area contributed by atoms with E-state index in [-0.39, 0.29) is 6.61 Å². The number of nitrogens with one attached hydrogen (secondary N) is 1. The van der Waals surface area contributed by atoms with Crippen molar-refractivity contribution < 1.29 is 14.6 Å². The molecule has 4 nitrogen and oxygen atoms in total. The first kappa shape index (κ1) is 16.5. The Labute approximate surface area is 123 Å². The molecule has 0 amide bonds. The first-order valence-corrected chi connectivity index (χ1v) is 6.84. The van der Waals surface area contributed by atoms with Crippen molar-refractivity contribution in [2.75, 3.05) is 33.4 Å². The third kappa shape index (κ3) is 6.99. The molecule has 0 bridgehead atoms. The number of halogens is 2. The topological polar surface area (TPSA) is 50.7 Å². The fourth-order valence-electron chi connectivity index (χ4n) is 1.45. The minimum atomic E-state index is -0.589. The summed E-state index contributed by atoms with van der Waals surface area (Å²) < 4.78 is 10.4. The smallest absolute Gasteiger partial charge is 0.138 e. The molecule has 108 valence electrons. The fourth-order valence-corrected chi connectivity index (χ4v) is 1.91. The molecule has 1 unspecified atom stereocenters. The Morgan fingerprint density at radius 1 is 1.37 bits per heavy atom. The van der Waals surface area contributed by atoms with Gasteiger partial charge in [-0.15, -0.1) is 0 Å². The molecule has 1 aromatic rings. The van der Waals surface area contributed by atoms with E-state index in [1.165, 1.54) is 0 Å². The van der Waals surface area contributed by atoms with Gasteiger partial charge in [-0.05, 0) is 31.2 Å². The zero-order chi connectivity index (χ0) is 14.1. The highest BCUT2D eigenvalue weighted by Crippen LogP contribution is 2.27. The predicted octanol–water partition coefficient (Wildman–Crippen LogP) is 2.36. The highest BCUT2D eigenvalue weighted by Gasteiger charge is 2.07. The summed E-state index contributed by atoms with van der Waals surface area (Å²) in [4.78, 5) is 0. The molecule has 6 heteroatoms. The first-order chi connectivity index (χ1) is 9.13. The van der Waals surface area contributed by atoms with Crippen LogP contribution in [0.3, 0.4) is 0 Å². The van der Waals surface area contributed by atoms with Crippen molar-refractivity contribution in [1.29, 1.82) is 0 Å². The number of hydrogen-bond acceptors (Lipinski definition) is 4. The summed E-state index contributed by atoms with van der Waals surface area (Å²) in [6.45, 7) is 2.15. The average Bonchev–Trinajstić information content (AvgIpc) is 2.37. The Morgan fingerprint density at radius 3 is 2.84 bits per heavy atom. The second-order valence-electron chi connectivity index (χ2n) is 4.09. The monoisotopic (exact) mass is 307 g/mol. The van der Waals surface area contributed by atoms with Gasteiger partial charge in [-0.3, -0.25) is 0 Å². The Morgan fingerprint density at radius 2 is 2.16 bits per heavy atom. The van der Waals surface area contributed by atoms with Crippen LogP contribution >= 0.6 is 23.2 Å². The zero-order valence-electron chi connectivity index (χ0n) is 10.9. The Kier molecular flexibility index (Phi) is 8.18. The molecule has 0 aliphatic rings. The molecule has 0 saturated carbocycles. The Balaban J connectivity index is 2.20. The fraction of sp³-hybridized carbons (Fsp3) is 0.538. The number of ether oxygens (including phenoxy) is 2. The van der Waals surface area contributed by atoms with Gasteiger partial charge in [0.25, 0.3) is 0 Å². The van der Waals surface area contributed by atoms with E-state index in [1.807, 2.05) is 0 Å². The third-order valence-electron chi connectivity index (χ3n) is 2.41. The number of aliphatic hydroxyl groups excluding tert-OH is 1. The quantitative estimate of drug-likeness (QED) is 0.688. The molecule has 0 heterocycles. The molecular weight excluding hydrogens is 289 g/mol. The lowest BCUT2D eigenvalue weighted by atomic mass is 10.3. The van der Waals surface area contributed by atoms with Crippen molar-refractivity contribution in [3.8, 4) is 5.75 Å². The van der Waals surface area contributed by atoms with Crippen LogP contribution in [-0.2, 0) is 4.74 Å². The minimum Gasteiger partial charge on any atom is -0.489 e. The highest BCUT2D eigenvalue weighted by molar-refractivity contribution is 6.35. The second-order valence-corrected chi connectivity index (χ2v) is 4.93. The summed E-state index contributed by atoms with van der Waals surface area (Å²) in [5, 5.41) is 13.8. The van der Waals surface area contributed by atoms with E-state index in [1.54, 1.807) is 25.3 Å². The maximum atomic E-state index is 9.72. The molecule has 1 atom stereocenters. The minimum absolute atomic E-state index is 0.179. The normalized spacial score (nSPS) is 12.4. The lowest BCUT2D eigenvalue weighted by Gasteiger charge is -2.14. The lowest BCUT2D eigenvalue weighted by molar-refractivity contribution is 0.105. The van der Waals surface area contributed by atoms with Gasteiger partial charge in [-0.2, -0.15) is 0 Å². The van der Waals surface area contributed by atoms with Crippen LogP contribution in [0.4, 0.5) is 0 Å². The van der Waals surface area contributed by atoms with E-state index in [4.69, 9.17) is 32.7 Å². The van der Waals surface area contributed by atoms with Crippen molar-refractivity contribution in [2.45, 2.75) is 12.5 Å². The largest absolute Gasteiger partial charge is 0.489 e.